The summed E-state index contributed by atoms with van der Waals surface area (Å²) in [7, 11) is 0. The normalized spacial score (nSPS) is 18.9. The lowest BCUT2D eigenvalue weighted by Gasteiger charge is -2.14. The maximum Gasteiger partial charge on any atom is 0.0594 e. The summed E-state index contributed by atoms with van der Waals surface area (Å²) in [6.07, 6.45) is 4.19. The Morgan fingerprint density at radius 3 is 2.64 bits per heavy atom. The molecule has 0 amide bonds. The van der Waals surface area contributed by atoms with Crippen molar-refractivity contribution < 1.29 is 4.74 Å². The smallest absolute Gasteiger partial charge is 0.0594 e. The van der Waals surface area contributed by atoms with E-state index in [4.69, 9.17) is 16.3 Å². The second-order valence-electron chi connectivity index (χ2n) is 4.54. The molecule has 1 saturated carbocycles. The Morgan fingerprint density at radius 2 is 2.14 bits per heavy atom. The van der Waals surface area contributed by atoms with E-state index in [1.54, 1.807) is 0 Å². The molecule has 1 aliphatic carbocycles. The van der Waals surface area contributed by atoms with Gasteiger partial charge in [-0.15, -0.1) is 11.6 Å². The summed E-state index contributed by atoms with van der Waals surface area (Å²) in [5.74, 6) is 0.796. The third-order valence-electron chi connectivity index (χ3n) is 2.81. The van der Waals surface area contributed by atoms with Crippen LogP contribution >= 0.6 is 11.6 Å². The van der Waals surface area contributed by atoms with Crippen LogP contribution in [0.1, 0.15) is 33.1 Å². The van der Waals surface area contributed by atoms with Crippen molar-refractivity contribution in [1.29, 1.82) is 0 Å². The lowest BCUT2D eigenvalue weighted by Crippen LogP contribution is -2.28. The molecule has 0 aromatic rings. The highest BCUT2D eigenvalue weighted by Gasteiger charge is 2.40. The zero-order valence-electron chi connectivity index (χ0n) is 9.31. The Labute approximate surface area is 92.3 Å². The second kappa shape index (κ2) is 5.94. The van der Waals surface area contributed by atoms with Crippen molar-refractivity contribution in [2.75, 3.05) is 25.6 Å². The molecule has 0 aromatic heterocycles. The van der Waals surface area contributed by atoms with Crippen molar-refractivity contribution >= 4 is 11.6 Å². The summed E-state index contributed by atoms with van der Waals surface area (Å²) in [6.45, 7) is 7.02. The van der Waals surface area contributed by atoms with E-state index < -0.39 is 0 Å². The van der Waals surface area contributed by atoms with E-state index in [2.05, 4.69) is 19.2 Å². The quantitative estimate of drug-likeness (QED) is 0.500. The van der Waals surface area contributed by atoms with E-state index in [9.17, 15) is 0 Å². The van der Waals surface area contributed by atoms with Gasteiger partial charge in [-0.2, -0.15) is 0 Å². The molecule has 14 heavy (non-hydrogen) atoms. The van der Waals surface area contributed by atoms with Crippen LogP contribution in [0.5, 0.6) is 0 Å². The average Bonchev–Trinajstić information content (AvgIpc) is 2.85. The average molecular weight is 220 g/mol. The molecule has 0 aromatic carbocycles. The Hall–Kier alpha value is 0.210. The topological polar surface area (TPSA) is 21.3 Å². The monoisotopic (exact) mass is 219 g/mol. The number of ether oxygens (including phenoxy) is 1. The van der Waals surface area contributed by atoms with Crippen LogP contribution in [0.15, 0.2) is 0 Å². The molecule has 1 aliphatic rings. The predicted octanol–water partition coefficient (Wildman–Crippen LogP) is 2.41. The highest BCUT2D eigenvalue weighted by molar-refractivity contribution is 6.17. The van der Waals surface area contributed by atoms with E-state index in [0.717, 1.165) is 32.0 Å². The highest BCUT2D eigenvalue weighted by atomic mass is 35.5. The van der Waals surface area contributed by atoms with Crippen LogP contribution in [0.25, 0.3) is 0 Å². The summed E-state index contributed by atoms with van der Waals surface area (Å²) in [6, 6.07) is 0. The fraction of sp³-hybridized carbons (Fsp3) is 1.00. The number of hydrogen-bond donors (Lipinski definition) is 1. The third kappa shape index (κ3) is 4.63. The lowest BCUT2D eigenvalue weighted by molar-refractivity contribution is 0.0801. The molecule has 84 valence electrons. The largest absolute Gasteiger partial charge is 0.377 e. The maximum absolute atomic E-state index is 5.76. The van der Waals surface area contributed by atoms with Crippen LogP contribution in [0.4, 0.5) is 0 Å². The molecule has 2 nitrogen and oxygen atoms in total. The molecule has 3 heteroatoms. The highest BCUT2D eigenvalue weighted by Crippen LogP contribution is 2.48. The first-order valence-electron chi connectivity index (χ1n) is 5.57. The first-order valence-corrected chi connectivity index (χ1v) is 6.10. The first kappa shape index (κ1) is 12.3. The Kier molecular flexibility index (Phi) is 5.21. The molecule has 0 saturated heterocycles. The zero-order chi connectivity index (χ0) is 10.4. The van der Waals surface area contributed by atoms with Gasteiger partial charge in [0.1, 0.15) is 0 Å². The van der Waals surface area contributed by atoms with Crippen LogP contribution in [0.3, 0.4) is 0 Å². The van der Waals surface area contributed by atoms with Crippen molar-refractivity contribution in [2.45, 2.75) is 39.2 Å². The number of halogens is 1. The second-order valence-corrected chi connectivity index (χ2v) is 4.91. The van der Waals surface area contributed by atoms with Gasteiger partial charge in [-0.3, -0.25) is 0 Å². The Morgan fingerprint density at radius 1 is 1.43 bits per heavy atom. The number of rotatable bonds is 8. The summed E-state index contributed by atoms with van der Waals surface area (Å²) in [5.41, 5.74) is 0.541. The SMILES string of the molecule is CC(C)OCCNCC1(CCCl)CC1. The Balaban J connectivity index is 1.93. The molecular weight excluding hydrogens is 198 g/mol. The van der Waals surface area contributed by atoms with Crippen LogP contribution in [0, 0.1) is 5.41 Å². The molecule has 0 spiro atoms. The minimum atomic E-state index is 0.342. The number of nitrogens with one attached hydrogen (secondary N) is 1. The van der Waals surface area contributed by atoms with Gasteiger partial charge >= 0.3 is 0 Å². The van der Waals surface area contributed by atoms with Crippen molar-refractivity contribution in [3.05, 3.63) is 0 Å². The molecule has 1 fully saturated rings. The molecule has 0 aliphatic heterocycles. The third-order valence-corrected chi connectivity index (χ3v) is 3.00. The minimum absolute atomic E-state index is 0.342. The van der Waals surface area contributed by atoms with Crippen LogP contribution in [-0.4, -0.2) is 31.7 Å². The standard InChI is InChI=1S/C11H22ClNO/c1-10(2)14-8-7-13-9-11(3-4-11)5-6-12/h10,13H,3-9H2,1-2H3. The van der Waals surface area contributed by atoms with E-state index in [0.29, 0.717) is 11.5 Å². The van der Waals surface area contributed by atoms with Crippen molar-refractivity contribution in [3.63, 3.8) is 0 Å². The summed E-state index contributed by atoms with van der Waals surface area (Å²) < 4.78 is 5.45. The van der Waals surface area contributed by atoms with Gasteiger partial charge < -0.3 is 10.1 Å². The van der Waals surface area contributed by atoms with Gasteiger partial charge in [-0.05, 0) is 38.5 Å². The lowest BCUT2D eigenvalue weighted by atomic mass is 10.0. The van der Waals surface area contributed by atoms with E-state index in [-0.39, 0.29) is 0 Å². The van der Waals surface area contributed by atoms with Gasteiger partial charge in [-0.25, -0.2) is 0 Å². The van der Waals surface area contributed by atoms with Crippen LogP contribution in [-0.2, 0) is 4.74 Å². The molecule has 0 atom stereocenters. The molecule has 0 radical (unpaired) electrons. The molecule has 0 heterocycles. The van der Waals surface area contributed by atoms with Crippen LogP contribution in [0.2, 0.25) is 0 Å². The molecule has 1 N–H and O–H groups in total. The summed E-state index contributed by atoms with van der Waals surface area (Å²) >= 11 is 5.76. The summed E-state index contributed by atoms with van der Waals surface area (Å²) in [4.78, 5) is 0. The zero-order valence-corrected chi connectivity index (χ0v) is 10.1. The van der Waals surface area contributed by atoms with Crippen molar-refractivity contribution in [3.8, 4) is 0 Å². The van der Waals surface area contributed by atoms with Gasteiger partial charge in [-0.1, -0.05) is 0 Å². The first-order chi connectivity index (χ1) is 6.68. The van der Waals surface area contributed by atoms with E-state index in [1.807, 2.05) is 0 Å². The van der Waals surface area contributed by atoms with E-state index in [1.165, 1.54) is 12.8 Å². The molecule has 1 rings (SSSR count). The van der Waals surface area contributed by atoms with E-state index >= 15 is 0 Å². The van der Waals surface area contributed by atoms with Gasteiger partial charge in [0.25, 0.3) is 0 Å². The van der Waals surface area contributed by atoms with Gasteiger partial charge in [0.15, 0.2) is 0 Å². The fourth-order valence-electron chi connectivity index (χ4n) is 1.61. The minimum Gasteiger partial charge on any atom is -0.377 e. The fourth-order valence-corrected chi connectivity index (χ4v) is 2.01. The molecular formula is C11H22ClNO. The van der Waals surface area contributed by atoms with Crippen molar-refractivity contribution in [1.82, 2.24) is 5.32 Å². The molecule has 0 unspecified atom stereocenters. The summed E-state index contributed by atoms with van der Waals surface area (Å²) in [5, 5.41) is 3.44. The van der Waals surface area contributed by atoms with Crippen molar-refractivity contribution in [2.24, 2.45) is 5.41 Å². The predicted molar refractivity (Wildman–Crippen MR) is 61.0 cm³/mol. The maximum atomic E-state index is 5.76. The van der Waals surface area contributed by atoms with Gasteiger partial charge in [0, 0.05) is 19.0 Å². The Bertz CT molecular complexity index is 157. The number of hydrogen-bond acceptors (Lipinski definition) is 2. The molecule has 0 bridgehead atoms. The van der Waals surface area contributed by atoms with Gasteiger partial charge in [0.05, 0.1) is 12.7 Å². The number of alkyl halides is 1. The van der Waals surface area contributed by atoms with Gasteiger partial charge in [0.2, 0.25) is 0 Å². The van der Waals surface area contributed by atoms with Crippen LogP contribution < -0.4 is 5.32 Å².